The zero-order valence-corrected chi connectivity index (χ0v) is 22.2. The molecule has 0 heterocycles. The number of nitrogens with one attached hydrogen (secondary N) is 2. The summed E-state index contributed by atoms with van der Waals surface area (Å²) in [6.07, 6.45) is 2.09. The number of carbonyl (C=O) groups excluding carboxylic acids is 3. The first-order valence-electron chi connectivity index (χ1n) is 12.4. The van der Waals surface area contributed by atoms with Gasteiger partial charge in [0.1, 0.15) is 23.4 Å². The third-order valence-corrected chi connectivity index (χ3v) is 5.44. The van der Waals surface area contributed by atoms with Crippen LogP contribution in [0, 0.1) is 6.92 Å². The van der Waals surface area contributed by atoms with E-state index in [9.17, 15) is 24.6 Å². The lowest BCUT2D eigenvalue weighted by Gasteiger charge is -2.35. The third kappa shape index (κ3) is 9.39. The van der Waals surface area contributed by atoms with Crippen LogP contribution in [0.1, 0.15) is 84.4 Å². The summed E-state index contributed by atoms with van der Waals surface area (Å²) < 4.78 is 5.24. The number of rotatable bonds is 12. The lowest BCUT2D eigenvalue weighted by atomic mass is 9.98. The maximum absolute atomic E-state index is 13.6. The number of hydrogen-bond acceptors (Lipinski definition) is 6. The molecule has 0 bridgehead atoms. The van der Waals surface area contributed by atoms with Gasteiger partial charge in [0.25, 0.3) is 0 Å². The fraction of sp³-hybridized carbons (Fsp3) is 0.654. The van der Waals surface area contributed by atoms with Gasteiger partial charge in [0, 0.05) is 18.2 Å². The second-order valence-electron chi connectivity index (χ2n) is 9.88. The van der Waals surface area contributed by atoms with E-state index in [2.05, 4.69) is 10.6 Å². The molecular weight excluding hydrogens is 450 g/mol. The second kappa shape index (κ2) is 13.9. The Morgan fingerprint density at radius 1 is 1.11 bits per heavy atom. The number of aromatic hydroxyl groups is 1. The van der Waals surface area contributed by atoms with E-state index in [1.807, 2.05) is 20.8 Å². The molecular formula is C26H43N3O6. The Morgan fingerprint density at radius 2 is 1.77 bits per heavy atom. The highest BCUT2D eigenvalue weighted by molar-refractivity contribution is 5.92. The first kappa shape index (κ1) is 30.2. The minimum absolute atomic E-state index is 0.0780. The largest absolute Gasteiger partial charge is 0.507 e. The highest BCUT2D eigenvalue weighted by atomic mass is 16.6. The van der Waals surface area contributed by atoms with Gasteiger partial charge in [0.05, 0.1) is 6.61 Å². The summed E-state index contributed by atoms with van der Waals surface area (Å²) >= 11 is 0. The van der Waals surface area contributed by atoms with Crippen LogP contribution in [0.15, 0.2) is 18.2 Å². The number of carbonyl (C=O) groups is 3. The average molecular weight is 494 g/mol. The fourth-order valence-corrected chi connectivity index (χ4v) is 3.71. The molecule has 9 nitrogen and oxygen atoms in total. The number of nitrogens with zero attached hydrogens (tertiary/aromatic N) is 1. The van der Waals surface area contributed by atoms with Crippen LogP contribution in [-0.4, -0.2) is 63.9 Å². The van der Waals surface area contributed by atoms with Crippen molar-refractivity contribution in [3.63, 3.8) is 0 Å². The number of hydrogen-bond donors (Lipinski definition) is 4. The number of ether oxygens (including phenoxy) is 1. The molecule has 4 N–H and O–H groups in total. The number of unbranched alkanes of at least 4 members (excludes halogenated alkanes) is 1. The second-order valence-corrected chi connectivity index (χ2v) is 9.88. The van der Waals surface area contributed by atoms with Crippen LogP contribution in [0.5, 0.6) is 5.75 Å². The molecule has 1 aromatic rings. The lowest BCUT2D eigenvalue weighted by molar-refractivity contribution is -0.143. The zero-order chi connectivity index (χ0) is 26.8. The van der Waals surface area contributed by atoms with Gasteiger partial charge >= 0.3 is 6.09 Å². The number of alkyl carbamates (subject to hydrolysis) is 1. The first-order chi connectivity index (χ1) is 16.4. The number of aliphatic hydroxyl groups is 1. The normalized spacial score (nSPS) is 13.9. The molecule has 1 rings (SSSR count). The van der Waals surface area contributed by atoms with Crippen molar-refractivity contribution in [1.82, 2.24) is 15.5 Å². The van der Waals surface area contributed by atoms with Crippen molar-refractivity contribution in [3.05, 3.63) is 29.3 Å². The van der Waals surface area contributed by atoms with E-state index < -0.39 is 42.2 Å². The molecule has 3 atom stereocenters. The first-order valence-corrected chi connectivity index (χ1v) is 12.4. The Morgan fingerprint density at radius 3 is 2.31 bits per heavy atom. The molecule has 198 valence electrons. The van der Waals surface area contributed by atoms with Crippen LogP contribution >= 0.6 is 0 Å². The number of aliphatic hydroxyl groups excluding tert-OH is 1. The summed E-state index contributed by atoms with van der Waals surface area (Å²) in [7, 11) is 0. The van der Waals surface area contributed by atoms with Crippen LogP contribution < -0.4 is 10.6 Å². The van der Waals surface area contributed by atoms with Gasteiger partial charge < -0.3 is 30.5 Å². The van der Waals surface area contributed by atoms with Crippen molar-refractivity contribution in [3.8, 4) is 5.75 Å². The monoisotopic (exact) mass is 493 g/mol. The minimum atomic E-state index is -1.32. The Bertz CT molecular complexity index is 852. The summed E-state index contributed by atoms with van der Waals surface area (Å²) in [6, 6.07) is 2.43. The molecule has 35 heavy (non-hydrogen) atoms. The van der Waals surface area contributed by atoms with Gasteiger partial charge in [-0.15, -0.1) is 0 Å². The molecule has 1 aromatic carbocycles. The van der Waals surface area contributed by atoms with Gasteiger partial charge in [-0.2, -0.15) is 0 Å². The molecule has 0 fully saturated rings. The third-order valence-electron chi connectivity index (χ3n) is 5.44. The molecule has 0 aromatic heterocycles. The van der Waals surface area contributed by atoms with Crippen LogP contribution in [0.4, 0.5) is 4.79 Å². The van der Waals surface area contributed by atoms with Crippen LogP contribution in [-0.2, 0) is 14.3 Å². The predicted molar refractivity (Wildman–Crippen MR) is 135 cm³/mol. The highest BCUT2D eigenvalue weighted by Crippen LogP contribution is 2.32. The average Bonchev–Trinajstić information content (AvgIpc) is 2.75. The van der Waals surface area contributed by atoms with Gasteiger partial charge in [-0.25, -0.2) is 4.79 Å². The molecule has 0 spiro atoms. The zero-order valence-electron chi connectivity index (χ0n) is 22.2. The van der Waals surface area contributed by atoms with E-state index in [1.165, 1.54) is 4.90 Å². The smallest absolute Gasteiger partial charge is 0.408 e. The maximum atomic E-state index is 13.6. The molecule has 3 unspecified atom stereocenters. The van der Waals surface area contributed by atoms with Crippen molar-refractivity contribution in [2.45, 2.75) is 97.9 Å². The van der Waals surface area contributed by atoms with E-state index in [0.29, 0.717) is 12.0 Å². The SMILES string of the molecule is CCCCN(C(=O)C(CO)NC(=O)OC(C)(C)C)C(C(=O)NC(C)CCC)c1cccc(C)c1O. The number of para-hydroxylation sites is 1. The summed E-state index contributed by atoms with van der Waals surface area (Å²) in [5.41, 5.74) is 0.0558. The molecule has 0 radical (unpaired) electrons. The van der Waals surface area contributed by atoms with Crippen LogP contribution in [0.2, 0.25) is 0 Å². The van der Waals surface area contributed by atoms with Crippen molar-refractivity contribution in [2.75, 3.05) is 13.2 Å². The molecule has 0 aliphatic rings. The fourth-order valence-electron chi connectivity index (χ4n) is 3.71. The van der Waals surface area contributed by atoms with E-state index in [1.54, 1.807) is 45.9 Å². The standard InChI is InChI=1S/C26H43N3O6/c1-8-10-15-29(24(33)20(16-30)28-25(34)35-26(5,6)7)21(23(32)27-18(4)12-9-2)19-14-11-13-17(3)22(19)31/h11,13-14,18,20-21,30-31H,8-10,12,15-16H2,1-7H3,(H,27,32)(H,28,34). The summed E-state index contributed by atoms with van der Waals surface area (Å²) in [4.78, 5) is 40.8. The number of benzene rings is 1. The number of amides is 3. The maximum Gasteiger partial charge on any atom is 0.408 e. The molecule has 0 aliphatic heterocycles. The lowest BCUT2D eigenvalue weighted by Crippen LogP contribution is -2.55. The molecule has 0 saturated heterocycles. The molecule has 0 aliphatic carbocycles. The topological polar surface area (TPSA) is 128 Å². The molecule has 3 amide bonds. The summed E-state index contributed by atoms with van der Waals surface area (Å²) in [5, 5.41) is 26.1. The van der Waals surface area contributed by atoms with E-state index in [4.69, 9.17) is 4.74 Å². The quantitative estimate of drug-likeness (QED) is 0.352. The molecule has 0 saturated carbocycles. The van der Waals surface area contributed by atoms with E-state index in [0.717, 1.165) is 19.3 Å². The van der Waals surface area contributed by atoms with Gasteiger partial charge in [-0.05, 0) is 53.0 Å². The number of phenolic OH excluding ortho intramolecular Hbond substituents is 1. The van der Waals surface area contributed by atoms with E-state index >= 15 is 0 Å². The Kier molecular flexibility index (Phi) is 12.0. The van der Waals surface area contributed by atoms with Gasteiger partial charge in [-0.3, -0.25) is 9.59 Å². The van der Waals surface area contributed by atoms with Crippen molar-refractivity contribution >= 4 is 17.9 Å². The minimum Gasteiger partial charge on any atom is -0.507 e. The summed E-state index contributed by atoms with van der Waals surface area (Å²) in [6.45, 7) is 12.1. The Balaban J connectivity index is 3.46. The van der Waals surface area contributed by atoms with Crippen LogP contribution in [0.25, 0.3) is 0 Å². The van der Waals surface area contributed by atoms with Crippen molar-refractivity contribution in [1.29, 1.82) is 0 Å². The van der Waals surface area contributed by atoms with Crippen LogP contribution in [0.3, 0.4) is 0 Å². The van der Waals surface area contributed by atoms with E-state index in [-0.39, 0.29) is 23.9 Å². The number of phenols is 1. The van der Waals surface area contributed by atoms with Crippen molar-refractivity contribution in [2.24, 2.45) is 0 Å². The predicted octanol–water partition coefficient (Wildman–Crippen LogP) is 3.56. The van der Waals surface area contributed by atoms with Crippen molar-refractivity contribution < 1.29 is 29.3 Å². The Hall–Kier alpha value is -2.81. The van der Waals surface area contributed by atoms with Gasteiger partial charge in [0.2, 0.25) is 11.8 Å². The van der Waals surface area contributed by atoms with Gasteiger partial charge in [-0.1, -0.05) is 44.9 Å². The Labute approximate surface area is 209 Å². The molecule has 9 heteroatoms. The number of aryl methyl sites for hydroxylation is 1. The summed E-state index contributed by atoms with van der Waals surface area (Å²) in [5.74, 6) is -1.16. The highest BCUT2D eigenvalue weighted by Gasteiger charge is 2.37. The van der Waals surface area contributed by atoms with Gasteiger partial charge in [0.15, 0.2) is 0 Å².